The topological polar surface area (TPSA) is 83.9 Å². The van der Waals surface area contributed by atoms with Gasteiger partial charge in [-0.15, -0.1) is 0 Å². The first kappa shape index (κ1) is 13.5. The first-order valence-corrected chi connectivity index (χ1v) is 7.01. The number of nitriles is 1. The zero-order valence-corrected chi connectivity index (χ0v) is 10.8. The van der Waals surface area contributed by atoms with Crippen molar-refractivity contribution in [1.82, 2.24) is 0 Å². The fraction of sp³-hybridized carbons (Fsp3) is 0.417. The Kier molecular flexibility index (Phi) is 4.13. The van der Waals surface area contributed by atoms with Crippen LogP contribution in [0.15, 0.2) is 23.1 Å². The molecule has 0 aliphatic rings. The zero-order chi connectivity index (χ0) is 13.1. The maximum Gasteiger partial charge on any atom is 0.182 e. The summed E-state index contributed by atoms with van der Waals surface area (Å²) in [4.78, 5) is 0.0788. The largest absolute Gasteiger partial charge is 0.399 e. The number of nitrogen functional groups attached to an aromatic ring is 1. The minimum Gasteiger partial charge on any atom is -0.399 e. The average Bonchev–Trinajstić information content (AvgIpc) is 2.28. The quantitative estimate of drug-likeness (QED) is 0.832. The van der Waals surface area contributed by atoms with E-state index < -0.39 is 15.1 Å². The molecule has 0 aliphatic carbocycles. The van der Waals surface area contributed by atoms with Crippen molar-refractivity contribution in [3.8, 4) is 6.07 Å². The summed E-state index contributed by atoms with van der Waals surface area (Å²) in [5.41, 5.74) is 6.05. The number of anilines is 1. The maximum absolute atomic E-state index is 12.2. The van der Waals surface area contributed by atoms with Gasteiger partial charge in [0.05, 0.1) is 15.7 Å². The molecule has 0 saturated heterocycles. The molecule has 0 heterocycles. The summed E-state index contributed by atoms with van der Waals surface area (Å²) >= 11 is 0. The summed E-state index contributed by atoms with van der Waals surface area (Å²) in [5, 5.41) is 8.46. The van der Waals surface area contributed by atoms with E-state index in [-0.39, 0.29) is 10.5 Å². The van der Waals surface area contributed by atoms with Gasteiger partial charge in [0.25, 0.3) is 0 Å². The molecule has 5 heteroatoms. The van der Waals surface area contributed by atoms with Crippen molar-refractivity contribution < 1.29 is 8.42 Å². The van der Waals surface area contributed by atoms with Crippen LogP contribution in [0, 0.1) is 11.3 Å². The predicted octanol–water partition coefficient (Wildman–Crippen LogP) is 2.10. The van der Waals surface area contributed by atoms with Crippen LogP contribution in [-0.2, 0) is 9.84 Å². The van der Waals surface area contributed by atoms with Crippen LogP contribution in [0.2, 0.25) is 0 Å². The molecule has 1 rings (SSSR count). The van der Waals surface area contributed by atoms with E-state index in [0.717, 1.165) is 6.42 Å². The third kappa shape index (κ3) is 2.77. The van der Waals surface area contributed by atoms with Crippen molar-refractivity contribution in [2.75, 3.05) is 5.73 Å². The van der Waals surface area contributed by atoms with Gasteiger partial charge in [0, 0.05) is 5.69 Å². The second kappa shape index (κ2) is 5.19. The van der Waals surface area contributed by atoms with Crippen molar-refractivity contribution in [3.63, 3.8) is 0 Å². The van der Waals surface area contributed by atoms with Gasteiger partial charge in [0.2, 0.25) is 0 Å². The SMILES string of the molecule is CCCC(C)S(=O)(=O)c1ccc(N)cc1C#N. The number of sulfone groups is 1. The van der Waals surface area contributed by atoms with E-state index in [4.69, 9.17) is 11.0 Å². The molecule has 1 aromatic rings. The van der Waals surface area contributed by atoms with Gasteiger partial charge in [0.1, 0.15) is 6.07 Å². The van der Waals surface area contributed by atoms with E-state index in [1.165, 1.54) is 18.2 Å². The average molecular weight is 252 g/mol. The Bertz CT molecular complexity index is 544. The highest BCUT2D eigenvalue weighted by molar-refractivity contribution is 7.92. The molecule has 0 aromatic heterocycles. The van der Waals surface area contributed by atoms with Crippen molar-refractivity contribution in [2.24, 2.45) is 0 Å². The van der Waals surface area contributed by atoms with E-state index in [1.54, 1.807) is 6.92 Å². The normalized spacial score (nSPS) is 13.0. The summed E-state index contributed by atoms with van der Waals surface area (Å²) in [5.74, 6) is 0. The van der Waals surface area contributed by atoms with Crippen LogP contribution in [-0.4, -0.2) is 13.7 Å². The van der Waals surface area contributed by atoms with Gasteiger partial charge in [-0.3, -0.25) is 0 Å². The van der Waals surface area contributed by atoms with Gasteiger partial charge in [-0.05, 0) is 31.5 Å². The summed E-state index contributed by atoms with van der Waals surface area (Å²) in [6, 6.07) is 6.19. The lowest BCUT2D eigenvalue weighted by Gasteiger charge is -2.13. The first-order chi connectivity index (χ1) is 7.93. The molecule has 0 aliphatic heterocycles. The Morgan fingerprint density at radius 2 is 2.12 bits per heavy atom. The summed E-state index contributed by atoms with van der Waals surface area (Å²) in [7, 11) is -3.44. The summed E-state index contributed by atoms with van der Waals surface area (Å²) in [6.45, 7) is 3.59. The van der Waals surface area contributed by atoms with E-state index in [9.17, 15) is 8.42 Å². The van der Waals surface area contributed by atoms with Gasteiger partial charge in [0.15, 0.2) is 9.84 Å². The van der Waals surface area contributed by atoms with Crippen molar-refractivity contribution in [2.45, 2.75) is 36.8 Å². The fourth-order valence-electron chi connectivity index (χ4n) is 1.66. The van der Waals surface area contributed by atoms with Crippen LogP contribution < -0.4 is 5.73 Å². The Morgan fingerprint density at radius 3 is 2.65 bits per heavy atom. The monoisotopic (exact) mass is 252 g/mol. The van der Waals surface area contributed by atoms with E-state index in [2.05, 4.69) is 0 Å². The third-order valence-electron chi connectivity index (χ3n) is 2.66. The highest BCUT2D eigenvalue weighted by Crippen LogP contribution is 2.24. The van der Waals surface area contributed by atoms with Crippen LogP contribution in [0.5, 0.6) is 0 Å². The van der Waals surface area contributed by atoms with Gasteiger partial charge < -0.3 is 5.73 Å². The summed E-state index contributed by atoms with van der Waals surface area (Å²) < 4.78 is 24.4. The first-order valence-electron chi connectivity index (χ1n) is 5.47. The molecule has 2 N–H and O–H groups in total. The molecule has 1 unspecified atom stereocenters. The van der Waals surface area contributed by atoms with Gasteiger partial charge in [-0.1, -0.05) is 13.3 Å². The van der Waals surface area contributed by atoms with Crippen molar-refractivity contribution in [1.29, 1.82) is 5.26 Å². The number of nitrogens with two attached hydrogens (primary N) is 1. The number of rotatable bonds is 4. The molecule has 1 aromatic carbocycles. The number of nitrogens with zero attached hydrogens (tertiary/aromatic N) is 1. The number of benzene rings is 1. The van der Waals surface area contributed by atoms with Gasteiger partial charge >= 0.3 is 0 Å². The molecule has 0 spiro atoms. The van der Waals surface area contributed by atoms with E-state index >= 15 is 0 Å². The molecule has 17 heavy (non-hydrogen) atoms. The lowest BCUT2D eigenvalue weighted by atomic mass is 10.2. The standard InChI is InChI=1S/C12H16N2O2S/c1-3-4-9(2)17(15,16)12-6-5-11(14)7-10(12)8-13/h5-7,9H,3-4,14H2,1-2H3. The summed E-state index contributed by atoms with van der Waals surface area (Å²) in [6.07, 6.45) is 1.37. The van der Waals surface area contributed by atoms with Crippen LogP contribution in [0.4, 0.5) is 5.69 Å². The Morgan fingerprint density at radius 1 is 1.47 bits per heavy atom. The van der Waals surface area contributed by atoms with Crippen LogP contribution in [0.3, 0.4) is 0 Å². The Labute approximate surface area is 102 Å². The molecule has 92 valence electrons. The molecule has 0 saturated carbocycles. The molecule has 0 amide bonds. The number of hydrogen-bond donors (Lipinski definition) is 1. The van der Waals surface area contributed by atoms with Crippen LogP contribution >= 0.6 is 0 Å². The molecular formula is C12H16N2O2S. The Hall–Kier alpha value is -1.54. The minimum atomic E-state index is -3.44. The highest BCUT2D eigenvalue weighted by atomic mass is 32.2. The molecule has 4 nitrogen and oxygen atoms in total. The van der Waals surface area contributed by atoms with E-state index in [1.807, 2.05) is 13.0 Å². The molecule has 0 radical (unpaired) electrons. The molecular weight excluding hydrogens is 236 g/mol. The second-order valence-electron chi connectivity index (χ2n) is 4.01. The Balaban J connectivity index is 3.30. The van der Waals surface area contributed by atoms with Crippen molar-refractivity contribution in [3.05, 3.63) is 23.8 Å². The maximum atomic E-state index is 12.2. The minimum absolute atomic E-state index is 0.0788. The van der Waals surface area contributed by atoms with Crippen LogP contribution in [0.25, 0.3) is 0 Å². The van der Waals surface area contributed by atoms with Gasteiger partial charge in [-0.2, -0.15) is 5.26 Å². The van der Waals surface area contributed by atoms with Gasteiger partial charge in [-0.25, -0.2) is 8.42 Å². The lowest BCUT2D eigenvalue weighted by molar-refractivity contribution is 0.575. The van der Waals surface area contributed by atoms with E-state index in [0.29, 0.717) is 12.1 Å². The van der Waals surface area contributed by atoms with Crippen LogP contribution in [0.1, 0.15) is 32.3 Å². The highest BCUT2D eigenvalue weighted by Gasteiger charge is 2.25. The smallest absolute Gasteiger partial charge is 0.182 e. The molecule has 0 fully saturated rings. The molecule has 0 bridgehead atoms. The second-order valence-corrected chi connectivity index (χ2v) is 6.35. The third-order valence-corrected chi connectivity index (χ3v) is 4.92. The lowest BCUT2D eigenvalue weighted by Crippen LogP contribution is -2.18. The molecule has 1 atom stereocenters. The zero-order valence-electron chi connectivity index (χ0n) is 9.97. The predicted molar refractivity (Wildman–Crippen MR) is 67.1 cm³/mol. The van der Waals surface area contributed by atoms with Crippen molar-refractivity contribution >= 4 is 15.5 Å². The fourth-order valence-corrected chi connectivity index (χ4v) is 3.31. The number of hydrogen-bond acceptors (Lipinski definition) is 4.